The van der Waals surface area contributed by atoms with Gasteiger partial charge < -0.3 is 9.26 Å². The zero-order valence-corrected chi connectivity index (χ0v) is 14.6. The number of rotatable bonds is 5. The number of aryl methyl sites for hydroxylation is 2. The van der Waals surface area contributed by atoms with Crippen LogP contribution in [0.3, 0.4) is 0 Å². The van der Waals surface area contributed by atoms with Crippen molar-refractivity contribution in [2.45, 2.75) is 26.9 Å². The molecule has 2 aromatic carbocycles. The number of anilines is 1. The van der Waals surface area contributed by atoms with E-state index in [0.717, 1.165) is 11.1 Å². The fourth-order valence-electron chi connectivity index (χ4n) is 2.45. The van der Waals surface area contributed by atoms with Crippen LogP contribution in [-0.4, -0.2) is 22.2 Å². The molecule has 1 amide bonds. The van der Waals surface area contributed by atoms with Gasteiger partial charge in [0.1, 0.15) is 11.6 Å². The quantitative estimate of drug-likeness (QED) is 0.751. The number of carbonyl (C=O) groups is 1. The predicted molar refractivity (Wildman–Crippen MR) is 94.3 cm³/mol. The van der Waals surface area contributed by atoms with Crippen LogP contribution in [-0.2, 0) is 4.79 Å². The SMILES string of the molecule is Cc1cc(C)cc(OC(C)C(=O)Nc2noc(-c3ccc(F)cc3)n2)c1. The Morgan fingerprint density at radius 1 is 1.15 bits per heavy atom. The largest absolute Gasteiger partial charge is 0.481 e. The third-order valence-electron chi connectivity index (χ3n) is 3.63. The second-order valence-electron chi connectivity index (χ2n) is 6.00. The zero-order valence-electron chi connectivity index (χ0n) is 14.6. The summed E-state index contributed by atoms with van der Waals surface area (Å²) in [7, 11) is 0. The summed E-state index contributed by atoms with van der Waals surface area (Å²) >= 11 is 0. The van der Waals surface area contributed by atoms with E-state index in [-0.39, 0.29) is 17.7 Å². The van der Waals surface area contributed by atoms with Gasteiger partial charge in [0.25, 0.3) is 17.7 Å². The highest BCUT2D eigenvalue weighted by Crippen LogP contribution is 2.20. The van der Waals surface area contributed by atoms with Crippen LogP contribution >= 0.6 is 0 Å². The first-order valence-electron chi connectivity index (χ1n) is 8.06. The Morgan fingerprint density at radius 2 is 1.81 bits per heavy atom. The molecule has 1 N–H and O–H groups in total. The molecule has 6 nitrogen and oxygen atoms in total. The van der Waals surface area contributed by atoms with Crippen molar-refractivity contribution >= 4 is 11.9 Å². The van der Waals surface area contributed by atoms with Crippen molar-refractivity contribution in [3.05, 3.63) is 59.4 Å². The van der Waals surface area contributed by atoms with Crippen LogP contribution in [0.2, 0.25) is 0 Å². The molecule has 1 atom stereocenters. The predicted octanol–water partition coefficient (Wildman–Crippen LogP) is 3.90. The molecule has 26 heavy (non-hydrogen) atoms. The minimum Gasteiger partial charge on any atom is -0.481 e. The molecule has 0 saturated heterocycles. The molecule has 3 rings (SSSR count). The molecule has 1 unspecified atom stereocenters. The third kappa shape index (κ3) is 4.24. The number of ether oxygens (including phenoxy) is 1. The van der Waals surface area contributed by atoms with Crippen LogP contribution in [0, 0.1) is 19.7 Å². The number of hydrogen-bond donors (Lipinski definition) is 1. The molecule has 134 valence electrons. The van der Waals surface area contributed by atoms with Gasteiger partial charge in [-0.05, 0) is 73.5 Å². The summed E-state index contributed by atoms with van der Waals surface area (Å²) in [4.78, 5) is 16.3. The van der Waals surface area contributed by atoms with Crippen molar-refractivity contribution in [3.8, 4) is 17.2 Å². The fourth-order valence-corrected chi connectivity index (χ4v) is 2.45. The Balaban J connectivity index is 1.65. The summed E-state index contributed by atoms with van der Waals surface area (Å²) in [5.41, 5.74) is 2.66. The highest BCUT2D eigenvalue weighted by atomic mass is 19.1. The normalized spacial score (nSPS) is 11.8. The Bertz CT molecular complexity index is 902. The summed E-state index contributed by atoms with van der Waals surface area (Å²) in [5.74, 6) is 0.0495. The van der Waals surface area contributed by atoms with E-state index in [1.807, 2.05) is 32.0 Å². The van der Waals surface area contributed by atoms with Gasteiger partial charge in [0.15, 0.2) is 6.10 Å². The van der Waals surface area contributed by atoms with E-state index in [1.54, 1.807) is 6.92 Å². The van der Waals surface area contributed by atoms with Gasteiger partial charge in [0.2, 0.25) is 0 Å². The number of nitrogens with zero attached hydrogens (tertiary/aromatic N) is 2. The lowest BCUT2D eigenvalue weighted by Crippen LogP contribution is -2.30. The van der Waals surface area contributed by atoms with Gasteiger partial charge in [-0.2, -0.15) is 4.98 Å². The number of carbonyl (C=O) groups excluding carboxylic acids is 1. The van der Waals surface area contributed by atoms with E-state index in [2.05, 4.69) is 15.5 Å². The van der Waals surface area contributed by atoms with Crippen molar-refractivity contribution in [3.63, 3.8) is 0 Å². The van der Waals surface area contributed by atoms with Crippen molar-refractivity contribution in [2.24, 2.45) is 0 Å². The van der Waals surface area contributed by atoms with E-state index in [9.17, 15) is 9.18 Å². The molecule has 1 heterocycles. The molecule has 1 aromatic heterocycles. The third-order valence-corrected chi connectivity index (χ3v) is 3.63. The standard InChI is InChI=1S/C19H18FN3O3/c1-11-8-12(2)10-16(9-11)25-13(3)17(24)21-19-22-18(26-23-19)14-4-6-15(20)7-5-14/h4-10,13H,1-3H3,(H,21,23,24). The van der Waals surface area contributed by atoms with Gasteiger partial charge >= 0.3 is 0 Å². The average Bonchev–Trinajstić information content (AvgIpc) is 3.03. The Labute approximate surface area is 150 Å². The summed E-state index contributed by atoms with van der Waals surface area (Å²) in [6.45, 7) is 5.55. The number of amides is 1. The molecule has 0 aliphatic rings. The number of nitrogens with one attached hydrogen (secondary N) is 1. The zero-order chi connectivity index (χ0) is 18.7. The summed E-state index contributed by atoms with van der Waals surface area (Å²) in [5, 5.41) is 6.24. The van der Waals surface area contributed by atoms with Crippen molar-refractivity contribution < 1.29 is 18.4 Å². The van der Waals surface area contributed by atoms with E-state index in [1.165, 1.54) is 24.3 Å². The van der Waals surface area contributed by atoms with Crippen LogP contribution in [0.4, 0.5) is 10.3 Å². The minimum atomic E-state index is -0.746. The van der Waals surface area contributed by atoms with Crippen LogP contribution in [0.15, 0.2) is 47.0 Å². The van der Waals surface area contributed by atoms with Gasteiger partial charge in [0.05, 0.1) is 0 Å². The molecule has 3 aromatic rings. The van der Waals surface area contributed by atoms with E-state index >= 15 is 0 Å². The van der Waals surface area contributed by atoms with Gasteiger partial charge in [0, 0.05) is 5.56 Å². The van der Waals surface area contributed by atoms with Gasteiger partial charge in [-0.25, -0.2) is 4.39 Å². The first-order valence-corrected chi connectivity index (χ1v) is 8.06. The molecular formula is C19H18FN3O3. The second-order valence-corrected chi connectivity index (χ2v) is 6.00. The minimum absolute atomic E-state index is 0.0187. The molecule has 0 radical (unpaired) electrons. The summed E-state index contributed by atoms with van der Waals surface area (Å²) in [6.07, 6.45) is -0.746. The molecule has 0 fully saturated rings. The van der Waals surface area contributed by atoms with Crippen molar-refractivity contribution in [2.75, 3.05) is 5.32 Å². The maximum Gasteiger partial charge on any atom is 0.270 e. The van der Waals surface area contributed by atoms with Gasteiger partial charge in [-0.15, -0.1) is 0 Å². The first-order chi connectivity index (χ1) is 12.4. The smallest absolute Gasteiger partial charge is 0.270 e. The lowest BCUT2D eigenvalue weighted by Gasteiger charge is -2.14. The van der Waals surface area contributed by atoms with Crippen LogP contribution in [0.5, 0.6) is 5.75 Å². The van der Waals surface area contributed by atoms with Crippen LogP contribution in [0.1, 0.15) is 18.1 Å². The Morgan fingerprint density at radius 3 is 2.46 bits per heavy atom. The average molecular weight is 355 g/mol. The number of aromatic nitrogens is 2. The van der Waals surface area contributed by atoms with E-state index in [0.29, 0.717) is 11.3 Å². The molecule has 0 saturated carbocycles. The van der Waals surface area contributed by atoms with E-state index < -0.39 is 12.0 Å². The van der Waals surface area contributed by atoms with Crippen LogP contribution in [0.25, 0.3) is 11.5 Å². The van der Waals surface area contributed by atoms with Gasteiger partial charge in [-0.1, -0.05) is 6.07 Å². The fraction of sp³-hybridized carbons (Fsp3) is 0.211. The molecular weight excluding hydrogens is 337 g/mol. The lowest BCUT2D eigenvalue weighted by molar-refractivity contribution is -0.122. The van der Waals surface area contributed by atoms with Crippen molar-refractivity contribution in [1.29, 1.82) is 0 Å². The maximum atomic E-state index is 13.0. The Kier molecular flexibility index (Phi) is 4.97. The lowest BCUT2D eigenvalue weighted by atomic mass is 10.1. The summed E-state index contributed by atoms with van der Waals surface area (Å²) < 4.78 is 23.7. The van der Waals surface area contributed by atoms with Crippen molar-refractivity contribution in [1.82, 2.24) is 10.1 Å². The number of hydrogen-bond acceptors (Lipinski definition) is 5. The molecule has 0 bridgehead atoms. The topological polar surface area (TPSA) is 77.2 Å². The van der Waals surface area contributed by atoms with Crippen LogP contribution < -0.4 is 10.1 Å². The maximum absolute atomic E-state index is 13.0. The molecule has 0 aliphatic heterocycles. The highest BCUT2D eigenvalue weighted by Gasteiger charge is 2.18. The first kappa shape index (κ1) is 17.6. The van der Waals surface area contributed by atoms with Gasteiger partial charge in [-0.3, -0.25) is 10.1 Å². The highest BCUT2D eigenvalue weighted by molar-refractivity contribution is 5.92. The number of halogens is 1. The molecule has 0 spiro atoms. The molecule has 7 heteroatoms. The number of benzene rings is 2. The van der Waals surface area contributed by atoms with E-state index in [4.69, 9.17) is 9.26 Å². The Hall–Kier alpha value is -3.22. The second kappa shape index (κ2) is 7.35. The molecule has 0 aliphatic carbocycles. The summed E-state index contributed by atoms with van der Waals surface area (Å²) in [6, 6.07) is 11.3. The monoisotopic (exact) mass is 355 g/mol.